The van der Waals surface area contributed by atoms with Gasteiger partial charge in [0.15, 0.2) is 0 Å². The highest BCUT2D eigenvalue weighted by atomic mass is 15.1. The molecule has 0 bridgehead atoms. The Morgan fingerprint density at radius 3 is 0.738 bits per heavy atom. The van der Waals surface area contributed by atoms with Crippen molar-refractivity contribution in [3.63, 3.8) is 0 Å². The van der Waals surface area contributed by atoms with Crippen LogP contribution in [0.1, 0.15) is 234 Å². The Kier molecular flexibility index (Phi) is 35.4. The van der Waals surface area contributed by atoms with Crippen LogP contribution in [-0.2, 0) is 0 Å². The van der Waals surface area contributed by atoms with Crippen LogP contribution in [0.25, 0.3) is 0 Å². The maximum Gasteiger partial charge on any atom is -0.00187 e. The molecule has 0 aromatic heterocycles. The normalized spacial score (nSPS) is 12.0. The fourth-order valence-corrected chi connectivity index (χ4v) is 6.59. The van der Waals surface area contributed by atoms with Crippen LogP contribution in [0.4, 0.5) is 0 Å². The van der Waals surface area contributed by atoms with E-state index >= 15 is 0 Å². The lowest BCUT2D eigenvalue weighted by Gasteiger charge is -2.22. The number of nitrogens with zero attached hydrogens (tertiary/aromatic N) is 1. The van der Waals surface area contributed by atoms with Crippen molar-refractivity contribution in [1.29, 1.82) is 0 Å². The first-order valence-electron chi connectivity index (χ1n) is 20.3. The van der Waals surface area contributed by atoms with Crippen LogP contribution in [0.2, 0.25) is 0 Å². The van der Waals surface area contributed by atoms with Crippen molar-refractivity contribution in [2.75, 3.05) is 19.6 Å². The summed E-state index contributed by atoms with van der Waals surface area (Å²) in [6, 6.07) is 0. The summed E-state index contributed by atoms with van der Waals surface area (Å²) in [5, 5.41) is 0. The molecule has 1 nitrogen and oxygen atoms in total. The summed E-state index contributed by atoms with van der Waals surface area (Å²) >= 11 is 0. The van der Waals surface area contributed by atoms with E-state index in [2.05, 4.69) is 39.5 Å². The van der Waals surface area contributed by atoms with Crippen LogP contribution < -0.4 is 0 Å². The summed E-state index contributed by atoms with van der Waals surface area (Å²) in [7, 11) is 0. The summed E-state index contributed by atoms with van der Waals surface area (Å²) < 4.78 is 0. The van der Waals surface area contributed by atoms with E-state index in [1.807, 2.05) is 0 Å². The Morgan fingerprint density at radius 2 is 0.500 bits per heavy atom. The van der Waals surface area contributed by atoms with Crippen molar-refractivity contribution >= 4 is 0 Å². The maximum absolute atomic E-state index is 2.85. The molecule has 0 radical (unpaired) electrons. The second-order valence-electron chi connectivity index (χ2n) is 15.1. The van der Waals surface area contributed by atoms with Gasteiger partial charge < -0.3 is 4.90 Å². The van der Waals surface area contributed by atoms with Crippen LogP contribution in [0.3, 0.4) is 0 Å². The fourth-order valence-electron chi connectivity index (χ4n) is 6.59. The molecule has 0 aliphatic rings. The minimum Gasteiger partial charge on any atom is -0.303 e. The summed E-state index contributed by atoms with van der Waals surface area (Å²) in [6.45, 7) is 15.8. The van der Waals surface area contributed by atoms with E-state index in [0.29, 0.717) is 0 Å². The third-order valence-electron chi connectivity index (χ3n) is 9.59. The van der Waals surface area contributed by atoms with Gasteiger partial charge in [0, 0.05) is 0 Å². The maximum atomic E-state index is 2.85. The molecule has 0 aromatic carbocycles. The lowest BCUT2D eigenvalue weighted by molar-refractivity contribution is 0.254. The zero-order valence-corrected chi connectivity index (χ0v) is 30.6. The van der Waals surface area contributed by atoms with E-state index in [1.54, 1.807) is 0 Å². The molecule has 0 amide bonds. The molecule has 0 rings (SSSR count). The zero-order valence-electron chi connectivity index (χ0n) is 30.6. The molecule has 0 fully saturated rings. The summed E-state index contributed by atoms with van der Waals surface area (Å²) in [5.41, 5.74) is 0. The first kappa shape index (κ1) is 42.0. The lowest BCUT2D eigenvalue weighted by Crippen LogP contribution is -2.27. The molecule has 0 aliphatic heterocycles. The average molecular weight is 592 g/mol. The molecule has 0 atom stereocenters. The highest BCUT2D eigenvalue weighted by Gasteiger charge is 2.05. The summed E-state index contributed by atoms with van der Waals surface area (Å²) in [6.07, 6.45) is 45.2. The Labute approximate surface area is 269 Å². The van der Waals surface area contributed by atoms with Crippen molar-refractivity contribution in [3.8, 4) is 0 Å². The highest BCUT2D eigenvalue weighted by Crippen LogP contribution is 2.16. The SMILES string of the molecule is CCCCCCCCCCCCCCCCCN(CCCCCCCCCC(C)C)CCCCCCCCCC(C)C. The molecule has 0 aliphatic carbocycles. The molecule has 0 aromatic rings. The second-order valence-corrected chi connectivity index (χ2v) is 15.1. The minimum atomic E-state index is 0.884. The summed E-state index contributed by atoms with van der Waals surface area (Å²) in [5.74, 6) is 1.77. The molecule has 0 unspecified atom stereocenters. The molecule has 0 spiro atoms. The molecular formula is C41H85N. The number of unbranched alkanes of at least 4 members (excludes halogenated alkanes) is 26. The minimum absolute atomic E-state index is 0.884. The lowest BCUT2D eigenvalue weighted by atomic mass is 10.0. The Morgan fingerprint density at radius 1 is 0.286 bits per heavy atom. The van der Waals surface area contributed by atoms with Gasteiger partial charge in [0.05, 0.1) is 0 Å². The Balaban J connectivity index is 3.87. The smallest absolute Gasteiger partial charge is 0.00187 e. The van der Waals surface area contributed by atoms with Crippen LogP contribution in [-0.4, -0.2) is 24.5 Å². The van der Waals surface area contributed by atoms with Crippen LogP contribution in [0.15, 0.2) is 0 Å². The molecule has 0 N–H and O–H groups in total. The van der Waals surface area contributed by atoms with Gasteiger partial charge in [-0.05, 0) is 50.7 Å². The standard InChI is InChI=1S/C41H85N/c1-6-7-8-9-10-11-12-13-14-15-16-17-22-27-32-37-42(38-33-28-23-18-20-25-30-35-40(2)3)39-34-29-24-19-21-26-31-36-41(4)5/h40-41H,6-39H2,1-5H3. The monoisotopic (exact) mass is 592 g/mol. The van der Waals surface area contributed by atoms with Crippen molar-refractivity contribution in [2.24, 2.45) is 11.8 Å². The van der Waals surface area contributed by atoms with Crippen molar-refractivity contribution < 1.29 is 0 Å². The van der Waals surface area contributed by atoms with Gasteiger partial charge in [-0.3, -0.25) is 0 Å². The predicted molar refractivity (Wildman–Crippen MR) is 195 cm³/mol. The molecule has 0 heterocycles. The first-order valence-corrected chi connectivity index (χ1v) is 20.3. The van der Waals surface area contributed by atoms with Gasteiger partial charge in [-0.25, -0.2) is 0 Å². The van der Waals surface area contributed by atoms with E-state index in [1.165, 1.54) is 219 Å². The second kappa shape index (κ2) is 35.4. The van der Waals surface area contributed by atoms with Gasteiger partial charge in [-0.2, -0.15) is 0 Å². The van der Waals surface area contributed by atoms with Crippen LogP contribution in [0.5, 0.6) is 0 Å². The quantitative estimate of drug-likeness (QED) is 0.0655. The van der Waals surface area contributed by atoms with E-state index in [4.69, 9.17) is 0 Å². The van der Waals surface area contributed by atoms with Crippen molar-refractivity contribution in [1.82, 2.24) is 4.90 Å². The van der Waals surface area contributed by atoms with Crippen molar-refractivity contribution in [2.45, 2.75) is 234 Å². The van der Waals surface area contributed by atoms with E-state index in [0.717, 1.165) is 11.8 Å². The number of hydrogen-bond acceptors (Lipinski definition) is 1. The Bertz CT molecular complexity index is 443. The molecule has 42 heavy (non-hydrogen) atoms. The predicted octanol–water partition coefficient (Wildman–Crippen LogP) is 14.7. The van der Waals surface area contributed by atoms with Gasteiger partial charge in [-0.1, -0.05) is 214 Å². The largest absolute Gasteiger partial charge is 0.303 e. The molecule has 0 saturated carbocycles. The van der Waals surface area contributed by atoms with Crippen molar-refractivity contribution in [3.05, 3.63) is 0 Å². The number of hydrogen-bond donors (Lipinski definition) is 0. The first-order chi connectivity index (χ1) is 20.6. The summed E-state index contributed by atoms with van der Waals surface area (Å²) in [4.78, 5) is 2.85. The zero-order chi connectivity index (χ0) is 30.8. The van der Waals surface area contributed by atoms with Gasteiger partial charge in [0.25, 0.3) is 0 Å². The topological polar surface area (TPSA) is 3.24 Å². The molecule has 0 saturated heterocycles. The van der Waals surface area contributed by atoms with Gasteiger partial charge in [0.2, 0.25) is 0 Å². The van der Waals surface area contributed by atoms with E-state index < -0.39 is 0 Å². The molecular weight excluding hydrogens is 506 g/mol. The van der Waals surface area contributed by atoms with Gasteiger partial charge in [-0.15, -0.1) is 0 Å². The highest BCUT2D eigenvalue weighted by molar-refractivity contribution is 4.61. The van der Waals surface area contributed by atoms with Crippen LogP contribution in [0, 0.1) is 11.8 Å². The van der Waals surface area contributed by atoms with Crippen LogP contribution >= 0.6 is 0 Å². The molecule has 254 valence electrons. The third kappa shape index (κ3) is 36.2. The van der Waals surface area contributed by atoms with E-state index in [9.17, 15) is 0 Å². The molecule has 1 heteroatoms. The number of rotatable bonds is 36. The van der Waals surface area contributed by atoms with E-state index in [-0.39, 0.29) is 0 Å². The fraction of sp³-hybridized carbons (Fsp3) is 1.00. The van der Waals surface area contributed by atoms with Gasteiger partial charge in [0.1, 0.15) is 0 Å². The average Bonchev–Trinajstić information content (AvgIpc) is 2.96. The Hall–Kier alpha value is -0.0400. The third-order valence-corrected chi connectivity index (χ3v) is 9.59. The van der Waals surface area contributed by atoms with Gasteiger partial charge >= 0.3 is 0 Å².